The fraction of sp³-hybridized carbons (Fsp3) is 0.182. The summed E-state index contributed by atoms with van der Waals surface area (Å²) in [6.07, 6.45) is 0. The first kappa shape index (κ1) is 19.0. The molecule has 0 bridgehead atoms. The Morgan fingerprint density at radius 2 is 1.79 bits per heavy atom. The molecule has 6 nitrogen and oxygen atoms in total. The summed E-state index contributed by atoms with van der Waals surface area (Å²) >= 11 is 1.39. The predicted molar refractivity (Wildman–Crippen MR) is 110 cm³/mol. The molecule has 2 aromatic heterocycles. The lowest BCUT2D eigenvalue weighted by atomic mass is 10.0. The zero-order valence-corrected chi connectivity index (χ0v) is 16.8. The van der Waals surface area contributed by atoms with E-state index in [9.17, 15) is 4.79 Å². The van der Waals surface area contributed by atoms with Crippen molar-refractivity contribution < 1.29 is 14.1 Å². The fourth-order valence-electron chi connectivity index (χ4n) is 2.73. The van der Waals surface area contributed by atoms with Crippen molar-refractivity contribution in [2.45, 2.75) is 26.4 Å². The number of carbonyl (C=O) groups is 1. The third-order valence-corrected chi connectivity index (χ3v) is 5.26. The van der Waals surface area contributed by atoms with Crippen LogP contribution in [0.3, 0.4) is 0 Å². The smallest absolute Gasteiger partial charge is 0.358 e. The maximum absolute atomic E-state index is 12.3. The molecule has 0 aliphatic carbocycles. The molecular formula is C22H19N3O3S. The highest BCUT2D eigenvalue weighted by Crippen LogP contribution is 2.24. The fourth-order valence-corrected chi connectivity index (χ4v) is 3.53. The van der Waals surface area contributed by atoms with Crippen molar-refractivity contribution in [3.8, 4) is 22.0 Å². The molecule has 0 spiro atoms. The average Bonchev–Trinajstić information content (AvgIpc) is 3.43. The van der Waals surface area contributed by atoms with Gasteiger partial charge in [-0.15, -0.1) is 11.3 Å². The summed E-state index contributed by atoms with van der Waals surface area (Å²) in [5, 5.41) is 6.41. The number of nitrogens with zero attached hydrogens (tertiary/aromatic N) is 3. The number of rotatable bonds is 6. The molecule has 0 amide bonds. The van der Waals surface area contributed by atoms with Gasteiger partial charge in [0.1, 0.15) is 5.01 Å². The van der Waals surface area contributed by atoms with Crippen LogP contribution in [-0.2, 0) is 11.3 Å². The second-order valence-corrected chi connectivity index (χ2v) is 7.63. The molecule has 0 radical (unpaired) electrons. The average molecular weight is 405 g/mol. The minimum Gasteiger partial charge on any atom is -0.451 e. The Morgan fingerprint density at radius 3 is 2.52 bits per heavy atom. The van der Waals surface area contributed by atoms with E-state index in [0.29, 0.717) is 11.7 Å². The van der Waals surface area contributed by atoms with Gasteiger partial charge in [-0.05, 0) is 11.5 Å². The van der Waals surface area contributed by atoms with Gasteiger partial charge in [0.15, 0.2) is 12.3 Å². The molecule has 0 aliphatic rings. The number of ether oxygens (including phenoxy) is 1. The predicted octanol–water partition coefficient (Wildman–Crippen LogP) is 5.34. The number of thiazole rings is 1. The first-order valence-electron chi connectivity index (χ1n) is 9.21. The van der Waals surface area contributed by atoms with E-state index in [1.165, 1.54) is 16.9 Å². The molecular weight excluding hydrogens is 386 g/mol. The number of hydrogen-bond donors (Lipinski definition) is 0. The third kappa shape index (κ3) is 4.41. The molecule has 2 heterocycles. The van der Waals surface area contributed by atoms with Crippen molar-refractivity contribution in [1.82, 2.24) is 15.1 Å². The quantitative estimate of drug-likeness (QED) is 0.403. The summed E-state index contributed by atoms with van der Waals surface area (Å²) in [5.41, 5.74) is 3.31. The molecule has 0 unspecified atom stereocenters. The Labute approximate surface area is 172 Å². The van der Waals surface area contributed by atoms with Crippen LogP contribution < -0.4 is 0 Å². The van der Waals surface area contributed by atoms with Crippen LogP contribution in [0.25, 0.3) is 22.0 Å². The van der Waals surface area contributed by atoms with Crippen molar-refractivity contribution in [3.05, 3.63) is 77.1 Å². The Kier molecular flexibility index (Phi) is 5.48. The molecule has 0 saturated heterocycles. The maximum Gasteiger partial charge on any atom is 0.358 e. The highest BCUT2D eigenvalue weighted by Gasteiger charge is 2.16. The Morgan fingerprint density at radius 1 is 1.03 bits per heavy atom. The van der Waals surface area contributed by atoms with Crippen molar-refractivity contribution in [2.75, 3.05) is 0 Å². The molecule has 4 aromatic rings. The lowest BCUT2D eigenvalue weighted by Crippen LogP contribution is -2.05. The van der Waals surface area contributed by atoms with Gasteiger partial charge < -0.3 is 9.26 Å². The van der Waals surface area contributed by atoms with Crippen molar-refractivity contribution >= 4 is 17.3 Å². The van der Waals surface area contributed by atoms with Crippen LogP contribution >= 0.6 is 11.3 Å². The van der Waals surface area contributed by atoms with Gasteiger partial charge in [-0.25, -0.2) is 9.78 Å². The van der Waals surface area contributed by atoms with Crippen LogP contribution in [0, 0.1) is 0 Å². The van der Waals surface area contributed by atoms with E-state index in [4.69, 9.17) is 9.26 Å². The summed E-state index contributed by atoms with van der Waals surface area (Å²) in [5.74, 6) is 0.632. The minimum atomic E-state index is -0.524. The Hall–Kier alpha value is -3.32. The number of hydrogen-bond acceptors (Lipinski definition) is 7. The monoisotopic (exact) mass is 405 g/mol. The maximum atomic E-state index is 12.3. The molecule has 0 fully saturated rings. The van der Waals surface area contributed by atoms with Crippen LogP contribution in [0.15, 0.2) is 64.5 Å². The van der Waals surface area contributed by atoms with E-state index >= 15 is 0 Å². The van der Waals surface area contributed by atoms with Gasteiger partial charge in [-0.3, -0.25) is 0 Å². The topological polar surface area (TPSA) is 78.1 Å². The normalized spacial score (nSPS) is 11.0. The molecule has 0 N–H and O–H groups in total. The number of carbonyl (C=O) groups excluding carboxylic acids is 1. The molecule has 4 rings (SSSR count). The lowest BCUT2D eigenvalue weighted by molar-refractivity contribution is 0.0424. The highest BCUT2D eigenvalue weighted by molar-refractivity contribution is 7.13. The minimum absolute atomic E-state index is 0.103. The van der Waals surface area contributed by atoms with Crippen molar-refractivity contribution in [1.29, 1.82) is 0 Å². The molecule has 0 saturated carbocycles. The van der Waals surface area contributed by atoms with Crippen molar-refractivity contribution in [2.24, 2.45) is 0 Å². The Bertz CT molecular complexity index is 1100. The van der Waals surface area contributed by atoms with Gasteiger partial charge >= 0.3 is 5.97 Å². The largest absolute Gasteiger partial charge is 0.451 e. The van der Waals surface area contributed by atoms with Crippen LogP contribution in [0.2, 0.25) is 0 Å². The zero-order chi connectivity index (χ0) is 20.2. The van der Waals surface area contributed by atoms with E-state index in [2.05, 4.69) is 29.0 Å². The van der Waals surface area contributed by atoms with Crippen LogP contribution in [0.4, 0.5) is 0 Å². The second-order valence-electron chi connectivity index (χ2n) is 6.77. The summed E-state index contributed by atoms with van der Waals surface area (Å²) in [6, 6.07) is 17.7. The summed E-state index contributed by atoms with van der Waals surface area (Å²) in [4.78, 5) is 20.9. The molecule has 7 heteroatoms. The standard InChI is InChI=1S/C22H19N3O3S/c1-14(2)15-8-10-16(11-9-15)20-24-19(28-25-20)12-27-22(26)18-13-29-21(23-18)17-6-4-3-5-7-17/h3-11,13-14H,12H2,1-2H3. The van der Waals surface area contributed by atoms with Crippen LogP contribution in [-0.4, -0.2) is 21.1 Å². The van der Waals surface area contributed by atoms with Gasteiger partial charge in [0.2, 0.25) is 5.82 Å². The van der Waals surface area contributed by atoms with Crippen LogP contribution in [0.1, 0.15) is 41.7 Å². The number of benzene rings is 2. The van der Waals surface area contributed by atoms with E-state index in [1.807, 2.05) is 54.6 Å². The molecule has 2 aromatic carbocycles. The van der Waals surface area contributed by atoms with E-state index < -0.39 is 5.97 Å². The van der Waals surface area contributed by atoms with E-state index in [0.717, 1.165) is 16.1 Å². The number of esters is 1. The van der Waals surface area contributed by atoms with Gasteiger partial charge in [-0.1, -0.05) is 73.6 Å². The number of aromatic nitrogens is 3. The molecule has 0 aliphatic heterocycles. The third-order valence-electron chi connectivity index (χ3n) is 4.36. The first-order chi connectivity index (χ1) is 14.1. The van der Waals surface area contributed by atoms with Gasteiger partial charge in [0.25, 0.3) is 5.89 Å². The van der Waals surface area contributed by atoms with Gasteiger partial charge in [0, 0.05) is 16.5 Å². The highest BCUT2D eigenvalue weighted by atomic mass is 32.1. The summed E-state index contributed by atoms with van der Waals surface area (Å²) in [6.45, 7) is 4.18. The lowest BCUT2D eigenvalue weighted by Gasteiger charge is -2.04. The first-order valence-corrected chi connectivity index (χ1v) is 10.1. The summed E-state index contributed by atoms with van der Waals surface area (Å²) in [7, 11) is 0. The summed E-state index contributed by atoms with van der Waals surface area (Å²) < 4.78 is 10.5. The second kappa shape index (κ2) is 8.36. The molecule has 146 valence electrons. The Balaban J connectivity index is 1.38. The van der Waals surface area contributed by atoms with Gasteiger partial charge in [0.05, 0.1) is 0 Å². The SMILES string of the molecule is CC(C)c1ccc(-c2noc(COC(=O)c3csc(-c4ccccc4)n3)n2)cc1. The zero-order valence-electron chi connectivity index (χ0n) is 16.0. The van der Waals surface area contributed by atoms with Crippen LogP contribution in [0.5, 0.6) is 0 Å². The van der Waals surface area contributed by atoms with E-state index in [-0.39, 0.29) is 18.2 Å². The molecule has 0 atom stereocenters. The van der Waals surface area contributed by atoms with E-state index in [1.54, 1.807) is 5.38 Å². The van der Waals surface area contributed by atoms with Gasteiger partial charge in [-0.2, -0.15) is 4.98 Å². The molecule has 29 heavy (non-hydrogen) atoms. The van der Waals surface area contributed by atoms with Crippen molar-refractivity contribution in [3.63, 3.8) is 0 Å².